The number of carbonyl (C=O) groups is 1. The summed E-state index contributed by atoms with van der Waals surface area (Å²) in [5, 5.41) is 2.82. The molecule has 3 N–H and O–H groups in total. The first-order valence-corrected chi connectivity index (χ1v) is 10.4. The van der Waals surface area contributed by atoms with Crippen molar-refractivity contribution < 1.29 is 13.2 Å². The summed E-state index contributed by atoms with van der Waals surface area (Å²) in [7, 11) is -3.35. The SMILES string of the molecule is NC1C2CCCC1CC(C(=O)NCCS(=O)(=O)c1ccccc1)C2. The molecule has 3 rings (SSSR count). The maximum absolute atomic E-state index is 12.4. The van der Waals surface area contributed by atoms with E-state index in [2.05, 4.69) is 5.32 Å². The second kappa shape index (κ2) is 7.23. The minimum absolute atomic E-state index is 0.0120. The molecule has 5 nitrogen and oxygen atoms in total. The van der Waals surface area contributed by atoms with E-state index in [1.165, 1.54) is 6.42 Å². The molecule has 24 heavy (non-hydrogen) atoms. The van der Waals surface area contributed by atoms with Crippen LogP contribution < -0.4 is 11.1 Å². The number of nitrogens with two attached hydrogens (primary N) is 1. The first kappa shape index (κ1) is 17.4. The predicted octanol–water partition coefficient (Wildman–Crippen LogP) is 1.73. The summed E-state index contributed by atoms with van der Waals surface area (Å²) < 4.78 is 24.4. The Balaban J connectivity index is 1.51. The van der Waals surface area contributed by atoms with Gasteiger partial charge in [0.1, 0.15) is 0 Å². The third-order valence-electron chi connectivity index (χ3n) is 5.56. The lowest BCUT2D eigenvalue weighted by Crippen LogP contribution is -2.49. The van der Waals surface area contributed by atoms with Gasteiger partial charge in [0.2, 0.25) is 5.91 Å². The number of fused-ring (bicyclic) bond motifs is 2. The number of carbonyl (C=O) groups excluding carboxylic acids is 1. The molecule has 2 unspecified atom stereocenters. The van der Waals surface area contributed by atoms with Gasteiger partial charge in [0, 0.05) is 18.5 Å². The van der Waals surface area contributed by atoms with Crippen LogP contribution in [0.1, 0.15) is 32.1 Å². The van der Waals surface area contributed by atoms with Crippen molar-refractivity contribution in [2.45, 2.75) is 43.0 Å². The van der Waals surface area contributed by atoms with Crippen molar-refractivity contribution in [1.29, 1.82) is 0 Å². The summed E-state index contributed by atoms with van der Waals surface area (Å²) in [6.07, 6.45) is 5.13. The van der Waals surface area contributed by atoms with E-state index in [0.29, 0.717) is 16.7 Å². The normalized spacial score (nSPS) is 29.9. The second-order valence-electron chi connectivity index (χ2n) is 7.12. The molecule has 2 saturated carbocycles. The van der Waals surface area contributed by atoms with Gasteiger partial charge < -0.3 is 11.1 Å². The van der Waals surface area contributed by atoms with E-state index in [1.54, 1.807) is 30.3 Å². The summed E-state index contributed by atoms with van der Waals surface area (Å²) in [5.41, 5.74) is 6.26. The Kier molecular flexibility index (Phi) is 5.25. The van der Waals surface area contributed by atoms with Crippen LogP contribution in [0.2, 0.25) is 0 Å². The van der Waals surface area contributed by atoms with Crippen LogP contribution in [0.5, 0.6) is 0 Å². The van der Waals surface area contributed by atoms with Crippen LogP contribution in [0.15, 0.2) is 35.2 Å². The van der Waals surface area contributed by atoms with E-state index in [1.807, 2.05) is 0 Å². The highest BCUT2D eigenvalue weighted by Gasteiger charge is 2.40. The summed E-state index contributed by atoms with van der Waals surface area (Å²) in [4.78, 5) is 12.7. The molecule has 0 heterocycles. The van der Waals surface area contributed by atoms with Gasteiger partial charge in [0.25, 0.3) is 0 Å². The molecule has 1 amide bonds. The van der Waals surface area contributed by atoms with E-state index in [-0.39, 0.29) is 30.2 Å². The number of nitrogens with one attached hydrogen (secondary N) is 1. The van der Waals surface area contributed by atoms with Crippen molar-refractivity contribution in [3.05, 3.63) is 30.3 Å². The van der Waals surface area contributed by atoms with Crippen LogP contribution >= 0.6 is 0 Å². The van der Waals surface area contributed by atoms with Gasteiger partial charge in [-0.3, -0.25) is 4.79 Å². The Morgan fingerprint density at radius 3 is 2.38 bits per heavy atom. The molecule has 1 aromatic carbocycles. The van der Waals surface area contributed by atoms with E-state index in [0.717, 1.165) is 25.7 Å². The van der Waals surface area contributed by atoms with Gasteiger partial charge in [0.15, 0.2) is 9.84 Å². The van der Waals surface area contributed by atoms with Gasteiger partial charge in [-0.05, 0) is 49.7 Å². The first-order chi connectivity index (χ1) is 11.5. The molecule has 0 saturated heterocycles. The smallest absolute Gasteiger partial charge is 0.223 e. The molecule has 0 radical (unpaired) electrons. The topological polar surface area (TPSA) is 89.3 Å². The fraction of sp³-hybridized carbons (Fsp3) is 0.611. The Labute approximate surface area is 143 Å². The summed E-state index contributed by atoms with van der Waals surface area (Å²) in [5.74, 6) is 0.797. The maximum Gasteiger partial charge on any atom is 0.223 e. The fourth-order valence-corrected chi connectivity index (χ4v) is 5.38. The minimum atomic E-state index is -3.35. The quantitative estimate of drug-likeness (QED) is 0.846. The van der Waals surface area contributed by atoms with Crippen LogP contribution in [-0.4, -0.2) is 32.7 Å². The summed E-state index contributed by atoms with van der Waals surface area (Å²) in [6.45, 7) is 0.161. The van der Waals surface area contributed by atoms with Crippen molar-refractivity contribution in [2.75, 3.05) is 12.3 Å². The molecular formula is C18H26N2O3S. The Hall–Kier alpha value is -1.40. The highest BCUT2D eigenvalue weighted by molar-refractivity contribution is 7.91. The van der Waals surface area contributed by atoms with Crippen molar-refractivity contribution >= 4 is 15.7 Å². The lowest BCUT2D eigenvalue weighted by molar-refractivity contribution is -0.127. The van der Waals surface area contributed by atoms with E-state index >= 15 is 0 Å². The van der Waals surface area contributed by atoms with Gasteiger partial charge >= 0.3 is 0 Å². The molecule has 132 valence electrons. The van der Waals surface area contributed by atoms with E-state index < -0.39 is 9.84 Å². The Bertz CT molecular complexity index is 661. The molecular weight excluding hydrogens is 324 g/mol. The van der Waals surface area contributed by atoms with Gasteiger partial charge in [-0.2, -0.15) is 0 Å². The number of hydrogen-bond acceptors (Lipinski definition) is 4. The number of benzene rings is 1. The molecule has 6 heteroatoms. The van der Waals surface area contributed by atoms with Crippen LogP contribution in [0.4, 0.5) is 0 Å². The average Bonchev–Trinajstić information content (AvgIpc) is 2.55. The highest BCUT2D eigenvalue weighted by atomic mass is 32.2. The van der Waals surface area contributed by atoms with Crippen LogP contribution in [0, 0.1) is 17.8 Å². The predicted molar refractivity (Wildman–Crippen MR) is 93.0 cm³/mol. The molecule has 2 aliphatic rings. The largest absolute Gasteiger partial charge is 0.355 e. The van der Waals surface area contributed by atoms with Crippen LogP contribution in [0.25, 0.3) is 0 Å². The van der Waals surface area contributed by atoms with Gasteiger partial charge in [-0.15, -0.1) is 0 Å². The molecule has 1 aromatic rings. The second-order valence-corrected chi connectivity index (χ2v) is 9.23. The molecule has 2 bridgehead atoms. The number of rotatable bonds is 5. The lowest BCUT2D eigenvalue weighted by Gasteiger charge is -2.43. The molecule has 2 aliphatic carbocycles. The van der Waals surface area contributed by atoms with Crippen molar-refractivity contribution in [3.63, 3.8) is 0 Å². The Morgan fingerprint density at radius 2 is 1.75 bits per heavy atom. The molecule has 2 atom stereocenters. The zero-order valence-electron chi connectivity index (χ0n) is 13.9. The molecule has 0 spiro atoms. The zero-order valence-corrected chi connectivity index (χ0v) is 14.7. The molecule has 0 aromatic heterocycles. The summed E-state index contributed by atoms with van der Waals surface area (Å²) in [6, 6.07) is 8.60. The number of hydrogen-bond donors (Lipinski definition) is 2. The number of amides is 1. The standard InChI is InChI=1S/C18H26N2O3S/c19-17-13-5-4-6-14(17)12-15(11-13)18(21)20-9-10-24(22,23)16-7-2-1-3-8-16/h1-3,7-8,13-15,17H,4-6,9-12,19H2,(H,20,21). The number of sulfone groups is 1. The van der Waals surface area contributed by atoms with Crippen molar-refractivity contribution in [3.8, 4) is 0 Å². The van der Waals surface area contributed by atoms with Crippen molar-refractivity contribution in [2.24, 2.45) is 23.5 Å². The molecule has 2 fully saturated rings. The van der Waals surface area contributed by atoms with Crippen LogP contribution in [0.3, 0.4) is 0 Å². The first-order valence-electron chi connectivity index (χ1n) is 8.78. The average molecular weight is 350 g/mol. The lowest BCUT2D eigenvalue weighted by atomic mass is 9.65. The Morgan fingerprint density at radius 1 is 1.12 bits per heavy atom. The summed E-state index contributed by atoms with van der Waals surface area (Å²) >= 11 is 0. The van der Waals surface area contributed by atoms with E-state index in [4.69, 9.17) is 5.73 Å². The van der Waals surface area contributed by atoms with Crippen LogP contribution in [-0.2, 0) is 14.6 Å². The third kappa shape index (κ3) is 3.81. The van der Waals surface area contributed by atoms with Gasteiger partial charge in [-0.1, -0.05) is 24.6 Å². The molecule has 0 aliphatic heterocycles. The fourth-order valence-electron chi connectivity index (χ4n) is 4.20. The third-order valence-corrected chi connectivity index (χ3v) is 7.29. The maximum atomic E-state index is 12.4. The van der Waals surface area contributed by atoms with Gasteiger partial charge in [0.05, 0.1) is 10.6 Å². The van der Waals surface area contributed by atoms with Crippen molar-refractivity contribution in [1.82, 2.24) is 5.32 Å². The van der Waals surface area contributed by atoms with E-state index in [9.17, 15) is 13.2 Å². The zero-order chi connectivity index (χ0) is 17.2. The monoisotopic (exact) mass is 350 g/mol. The highest BCUT2D eigenvalue weighted by Crippen LogP contribution is 2.41. The van der Waals surface area contributed by atoms with Gasteiger partial charge in [-0.25, -0.2) is 8.42 Å². The minimum Gasteiger partial charge on any atom is -0.355 e.